The zero-order valence-electron chi connectivity index (χ0n) is 31.3. The van der Waals surface area contributed by atoms with Gasteiger partial charge in [0.15, 0.2) is 0 Å². The van der Waals surface area contributed by atoms with Gasteiger partial charge in [-0.05, 0) is 134 Å². The Bertz CT molecular complexity index is 1690. The molecular formula is C39H57N3O10S. The number of aliphatic hydroxyl groups is 2. The predicted molar refractivity (Wildman–Crippen MR) is 192 cm³/mol. The number of carbonyl (C=O) groups excluding carboxylic acids is 2. The van der Waals surface area contributed by atoms with Crippen molar-refractivity contribution < 1.29 is 47.2 Å². The smallest absolute Gasteiger partial charge is 0.414 e. The van der Waals surface area contributed by atoms with Gasteiger partial charge in [0.05, 0.1) is 41.9 Å². The van der Waals surface area contributed by atoms with Crippen molar-refractivity contribution in [2.24, 2.45) is 46.3 Å². The maximum absolute atomic E-state index is 12.9. The van der Waals surface area contributed by atoms with Crippen LogP contribution in [0.1, 0.15) is 104 Å². The molecule has 0 bridgehead atoms. The van der Waals surface area contributed by atoms with Crippen LogP contribution >= 0.6 is 0 Å². The number of esters is 1. The van der Waals surface area contributed by atoms with Gasteiger partial charge in [-0.2, -0.15) is 0 Å². The molecule has 294 valence electrons. The van der Waals surface area contributed by atoms with Crippen molar-refractivity contribution >= 4 is 21.7 Å². The number of ether oxygens (including phenoxy) is 2. The van der Waals surface area contributed by atoms with Crippen LogP contribution in [0.3, 0.4) is 0 Å². The van der Waals surface area contributed by atoms with E-state index in [1.54, 1.807) is 6.07 Å². The number of fused-ring (bicyclic) bond motifs is 5. The lowest BCUT2D eigenvalue weighted by Gasteiger charge is -2.62. The van der Waals surface area contributed by atoms with Gasteiger partial charge in [0.25, 0.3) is 9.84 Å². The van der Waals surface area contributed by atoms with Crippen LogP contribution in [-0.2, 0) is 24.2 Å². The first-order valence-corrected chi connectivity index (χ1v) is 21.0. The summed E-state index contributed by atoms with van der Waals surface area (Å²) in [4.78, 5) is 24.7. The molecule has 1 aromatic carbocycles. The number of nitrogens with zero attached hydrogens (tertiary/aromatic N) is 2. The summed E-state index contributed by atoms with van der Waals surface area (Å²) in [7, 11) is -4.20. The van der Waals surface area contributed by atoms with Gasteiger partial charge in [0.1, 0.15) is 0 Å². The van der Waals surface area contributed by atoms with E-state index in [0.29, 0.717) is 54.8 Å². The van der Waals surface area contributed by atoms with E-state index in [0.717, 1.165) is 57.8 Å². The first-order chi connectivity index (χ1) is 25.3. The normalized spacial score (nSPS) is 32.9. The van der Waals surface area contributed by atoms with Gasteiger partial charge in [-0.25, -0.2) is 8.42 Å². The molecule has 3 N–H and O–H groups in total. The Labute approximate surface area is 312 Å². The number of aromatic nitrogens is 2. The van der Waals surface area contributed by atoms with E-state index in [1.165, 1.54) is 24.3 Å². The summed E-state index contributed by atoms with van der Waals surface area (Å²) in [6, 6.07) is 7.42. The quantitative estimate of drug-likeness (QED) is 0.129. The fourth-order valence-electron chi connectivity index (χ4n) is 11.0. The molecule has 1 unspecified atom stereocenters. The molecule has 2 aromatic rings. The van der Waals surface area contributed by atoms with Crippen LogP contribution in [0, 0.1) is 51.5 Å². The number of hydrogen-bond donors (Lipinski definition) is 3. The molecule has 1 amide bonds. The maximum atomic E-state index is 12.9. The molecule has 13 nitrogen and oxygen atoms in total. The highest BCUT2D eigenvalue weighted by Crippen LogP contribution is 2.68. The molecule has 4 fully saturated rings. The lowest BCUT2D eigenvalue weighted by Crippen LogP contribution is -2.58. The van der Waals surface area contributed by atoms with E-state index in [4.69, 9.17) is 9.47 Å². The van der Waals surface area contributed by atoms with E-state index in [1.807, 2.05) is 0 Å². The molecule has 1 aromatic heterocycles. The fourth-order valence-corrected chi connectivity index (χ4v) is 12.3. The van der Waals surface area contributed by atoms with Crippen LogP contribution in [0.2, 0.25) is 0 Å². The lowest BCUT2D eigenvalue weighted by atomic mass is 9.43. The second-order valence-electron chi connectivity index (χ2n) is 16.7. The number of rotatable bonds is 15. The SMILES string of the molecule is C[C@H](CCC(=O)NCCC(=O)OCCCCOc1no[n+]([O-])c1S(=O)(=O)c1ccccc1)[C@H]1CC[C@H]2C3[C@@H](O)C[C@@H]4C[C@H](O)CC[C@]4(C)[C@H]3CC[C@]12C. The molecule has 6 rings (SSSR count). The van der Waals surface area contributed by atoms with Gasteiger partial charge >= 0.3 is 16.9 Å². The minimum Gasteiger partial charge on any atom is -0.466 e. The van der Waals surface area contributed by atoms with Gasteiger partial charge in [0, 0.05) is 13.0 Å². The van der Waals surface area contributed by atoms with Crippen LogP contribution in [0.5, 0.6) is 5.88 Å². The monoisotopic (exact) mass is 759 g/mol. The Kier molecular flexibility index (Phi) is 12.1. The minimum absolute atomic E-state index is 0.0191. The first kappa shape index (κ1) is 39.5. The number of hydrogen-bond acceptors (Lipinski definition) is 11. The Morgan fingerprint density at radius 1 is 1.02 bits per heavy atom. The number of benzene rings is 1. The molecule has 0 aliphatic heterocycles. The average Bonchev–Trinajstić information content (AvgIpc) is 3.69. The third kappa shape index (κ3) is 8.10. The van der Waals surface area contributed by atoms with Crippen molar-refractivity contribution in [2.75, 3.05) is 19.8 Å². The van der Waals surface area contributed by atoms with Crippen molar-refractivity contribution in [3.05, 3.63) is 35.5 Å². The topological polar surface area (TPSA) is 192 Å². The van der Waals surface area contributed by atoms with Crippen LogP contribution in [0.25, 0.3) is 0 Å². The maximum Gasteiger partial charge on any atom is 0.414 e. The molecule has 14 heteroatoms. The van der Waals surface area contributed by atoms with Crippen LogP contribution in [0.4, 0.5) is 0 Å². The molecule has 4 saturated carbocycles. The van der Waals surface area contributed by atoms with Crippen LogP contribution < -0.4 is 15.0 Å². The summed E-state index contributed by atoms with van der Waals surface area (Å²) in [6.45, 7) is 7.48. The molecule has 1 heterocycles. The van der Waals surface area contributed by atoms with E-state index < -0.39 is 26.7 Å². The van der Waals surface area contributed by atoms with Gasteiger partial charge in [0.2, 0.25) is 5.91 Å². The van der Waals surface area contributed by atoms with Crippen molar-refractivity contribution in [1.82, 2.24) is 10.5 Å². The highest BCUT2D eigenvalue weighted by atomic mass is 32.2. The van der Waals surface area contributed by atoms with Crippen molar-refractivity contribution in [1.29, 1.82) is 0 Å². The van der Waals surface area contributed by atoms with E-state index >= 15 is 0 Å². The van der Waals surface area contributed by atoms with Gasteiger partial charge in [-0.3, -0.25) is 14.2 Å². The number of aliphatic hydroxyl groups excluding tert-OH is 2. The van der Waals surface area contributed by atoms with Crippen LogP contribution in [0.15, 0.2) is 44.9 Å². The standard InChI is InChI=1S/C39H57N3O10S/c1-25(29-12-13-30-35-31(16-19-39(29,30)3)38(2)18-15-27(43)23-26(38)24-32(35)44)11-14-33(45)40-20-17-34(46)50-21-7-8-22-51-36-37(42(47)52-41-36)53(48,49)28-9-5-4-6-10-28/h4-6,9-10,25-27,29-32,35,43-44H,7-8,11-24H2,1-3H3,(H,40,45)/t25-,26+,27-,29-,30+,31+,32+,35?,38+,39-/m1/s1. The fraction of sp³-hybridized carbons (Fsp3) is 0.744. The molecule has 0 spiro atoms. The minimum atomic E-state index is -4.20. The summed E-state index contributed by atoms with van der Waals surface area (Å²) in [5.41, 5.74) is 0.367. The number of amides is 1. The Hall–Kier alpha value is -3.23. The Morgan fingerprint density at radius 2 is 1.74 bits per heavy atom. The van der Waals surface area contributed by atoms with E-state index in [9.17, 15) is 33.4 Å². The highest BCUT2D eigenvalue weighted by molar-refractivity contribution is 7.91. The molecule has 53 heavy (non-hydrogen) atoms. The zero-order valence-corrected chi connectivity index (χ0v) is 32.1. The lowest BCUT2D eigenvalue weighted by molar-refractivity contribution is -0.832. The summed E-state index contributed by atoms with van der Waals surface area (Å²) < 4.78 is 40.9. The summed E-state index contributed by atoms with van der Waals surface area (Å²) in [5, 5.41) is 39.4. The Morgan fingerprint density at radius 3 is 2.51 bits per heavy atom. The Balaban J connectivity index is 0.867. The number of unbranched alkanes of at least 4 members (excludes halogenated alkanes) is 1. The second kappa shape index (κ2) is 16.2. The highest BCUT2D eigenvalue weighted by Gasteiger charge is 2.62. The third-order valence-corrected chi connectivity index (χ3v) is 15.5. The summed E-state index contributed by atoms with van der Waals surface area (Å²) >= 11 is 0. The molecular weight excluding hydrogens is 703 g/mol. The van der Waals surface area contributed by atoms with Gasteiger partial charge < -0.3 is 30.2 Å². The third-order valence-electron chi connectivity index (χ3n) is 13.8. The van der Waals surface area contributed by atoms with Gasteiger partial charge in [-0.1, -0.05) is 39.0 Å². The molecule has 4 aliphatic rings. The first-order valence-electron chi connectivity index (χ1n) is 19.6. The molecule has 4 aliphatic carbocycles. The predicted octanol–water partition coefficient (Wildman–Crippen LogP) is 4.76. The van der Waals surface area contributed by atoms with Crippen molar-refractivity contribution in [3.63, 3.8) is 0 Å². The van der Waals surface area contributed by atoms with E-state index in [2.05, 4.69) is 35.9 Å². The van der Waals surface area contributed by atoms with Gasteiger partial charge in [-0.15, -0.1) is 0 Å². The average molecular weight is 760 g/mol. The second-order valence-corrected chi connectivity index (χ2v) is 18.6. The summed E-state index contributed by atoms with van der Waals surface area (Å²) in [5.74, 6) is 1.68. The molecule has 10 atom stereocenters. The number of sulfone groups is 1. The zero-order chi connectivity index (χ0) is 38.0. The largest absolute Gasteiger partial charge is 0.466 e. The van der Waals surface area contributed by atoms with Crippen molar-refractivity contribution in [3.8, 4) is 5.88 Å². The number of nitrogens with one attached hydrogen (secondary N) is 1. The van der Waals surface area contributed by atoms with E-state index in [-0.39, 0.29) is 64.9 Å². The van der Waals surface area contributed by atoms with Crippen molar-refractivity contribution in [2.45, 2.75) is 126 Å². The molecule has 0 saturated heterocycles. The number of carbonyl (C=O) groups is 2. The van der Waals surface area contributed by atoms with Crippen LogP contribution in [-0.4, -0.2) is 67.6 Å². The summed E-state index contributed by atoms with van der Waals surface area (Å²) in [6.07, 6.45) is 9.67. The molecule has 0 radical (unpaired) electrons.